The highest BCUT2D eigenvalue weighted by molar-refractivity contribution is 6.42. The Kier molecular flexibility index (Phi) is 4.08. The molecule has 0 amide bonds. The van der Waals surface area contributed by atoms with Crippen LogP contribution in [0.25, 0.3) is 11.0 Å². The largest absolute Gasteiger partial charge is 0.451 e. The maximum absolute atomic E-state index is 13.6. The van der Waals surface area contributed by atoms with Crippen molar-refractivity contribution in [2.24, 2.45) is 0 Å². The van der Waals surface area contributed by atoms with E-state index in [0.717, 1.165) is 0 Å². The molecule has 0 unspecified atom stereocenters. The van der Waals surface area contributed by atoms with E-state index in [-0.39, 0.29) is 35.3 Å². The lowest BCUT2D eigenvalue weighted by Crippen LogP contribution is -2.45. The van der Waals surface area contributed by atoms with Crippen molar-refractivity contribution in [3.05, 3.63) is 40.7 Å². The topological polar surface area (TPSA) is 36.3 Å². The van der Waals surface area contributed by atoms with Crippen LogP contribution >= 0.6 is 23.2 Å². The summed E-state index contributed by atoms with van der Waals surface area (Å²) < 4.78 is 52.1. The van der Waals surface area contributed by atoms with Crippen LogP contribution in [-0.2, 0) is 21.8 Å². The molecule has 1 saturated heterocycles. The fraction of sp³-hybridized carbons (Fsp3) is 0.357. The number of imidazole rings is 1. The maximum Gasteiger partial charge on any atom is 0.451 e. The minimum Gasteiger partial charge on any atom is -0.334 e. The fourth-order valence-corrected chi connectivity index (χ4v) is 2.83. The number of allylic oxidation sites excluding steroid dienone is 1. The molecule has 124 valence electrons. The van der Waals surface area contributed by atoms with Gasteiger partial charge in [-0.1, -0.05) is 29.3 Å². The Balaban J connectivity index is 2.31. The molecular weight excluding hydrogens is 356 g/mol. The monoisotopic (exact) mass is 366 g/mol. The highest BCUT2D eigenvalue weighted by Gasteiger charge is 2.64. The van der Waals surface area contributed by atoms with Gasteiger partial charge in [0.1, 0.15) is 0 Å². The third kappa shape index (κ3) is 2.52. The molecule has 0 N–H and O–H groups in total. The van der Waals surface area contributed by atoms with Gasteiger partial charge >= 0.3 is 12.0 Å². The maximum atomic E-state index is 13.6. The van der Waals surface area contributed by atoms with Crippen LogP contribution in [-0.4, -0.2) is 28.9 Å². The van der Waals surface area contributed by atoms with Gasteiger partial charge in [0.15, 0.2) is 5.82 Å². The zero-order valence-corrected chi connectivity index (χ0v) is 13.2. The molecule has 0 aliphatic carbocycles. The van der Waals surface area contributed by atoms with E-state index in [2.05, 4.69) is 11.6 Å². The van der Waals surface area contributed by atoms with Gasteiger partial charge in [0, 0.05) is 6.54 Å². The Morgan fingerprint density at radius 2 is 1.87 bits per heavy atom. The molecule has 0 saturated carbocycles. The average molecular weight is 367 g/mol. The standard InChI is InChI=1S/C14H11Cl2F3N2O2/c1-2-3-21-11-7-9(16)8(15)6-10(11)20-12(21)13(14(17,18)19)22-4-5-23-13/h2,6-7H,1,3-5H2. The van der Waals surface area contributed by atoms with E-state index in [9.17, 15) is 13.2 Å². The van der Waals surface area contributed by atoms with Gasteiger partial charge in [-0.25, -0.2) is 4.98 Å². The number of rotatable bonds is 3. The number of ether oxygens (including phenoxy) is 2. The Labute approximate surface area is 139 Å². The molecule has 0 atom stereocenters. The van der Waals surface area contributed by atoms with E-state index >= 15 is 0 Å². The minimum atomic E-state index is -4.79. The average Bonchev–Trinajstić information content (AvgIpc) is 3.06. The van der Waals surface area contributed by atoms with Gasteiger partial charge in [-0.15, -0.1) is 6.58 Å². The molecule has 0 radical (unpaired) electrons. The summed E-state index contributed by atoms with van der Waals surface area (Å²) in [5.74, 6) is -3.32. The second-order valence-corrected chi connectivity index (χ2v) is 5.72. The van der Waals surface area contributed by atoms with E-state index in [1.807, 2.05) is 0 Å². The van der Waals surface area contributed by atoms with Gasteiger partial charge < -0.3 is 14.0 Å². The van der Waals surface area contributed by atoms with Crippen molar-refractivity contribution in [1.82, 2.24) is 9.55 Å². The summed E-state index contributed by atoms with van der Waals surface area (Å²) in [5, 5.41) is 0.411. The van der Waals surface area contributed by atoms with Crippen molar-refractivity contribution < 1.29 is 22.6 Å². The highest BCUT2D eigenvalue weighted by Crippen LogP contribution is 2.46. The second kappa shape index (κ2) is 5.66. The van der Waals surface area contributed by atoms with E-state index in [1.165, 1.54) is 22.8 Å². The van der Waals surface area contributed by atoms with Crippen LogP contribution in [0.3, 0.4) is 0 Å². The number of fused-ring (bicyclic) bond motifs is 1. The Hall–Kier alpha value is -1.28. The molecule has 3 rings (SSSR count). The normalized spacial score (nSPS) is 17.8. The molecule has 1 aromatic carbocycles. The molecule has 0 spiro atoms. The molecule has 1 aromatic heterocycles. The molecule has 2 aromatic rings. The fourth-order valence-electron chi connectivity index (χ4n) is 2.52. The lowest BCUT2D eigenvalue weighted by molar-refractivity contribution is -0.356. The van der Waals surface area contributed by atoms with Gasteiger partial charge in [0.25, 0.3) is 0 Å². The lowest BCUT2D eigenvalue weighted by Gasteiger charge is -2.29. The molecule has 1 fully saturated rings. The van der Waals surface area contributed by atoms with Gasteiger partial charge in [-0.3, -0.25) is 0 Å². The van der Waals surface area contributed by atoms with Crippen molar-refractivity contribution in [3.8, 4) is 0 Å². The summed E-state index contributed by atoms with van der Waals surface area (Å²) in [7, 11) is 0. The SMILES string of the molecule is C=CCn1c(C2(C(F)(F)F)OCCO2)nc2cc(Cl)c(Cl)cc21. The van der Waals surface area contributed by atoms with Crippen molar-refractivity contribution in [3.63, 3.8) is 0 Å². The highest BCUT2D eigenvalue weighted by atomic mass is 35.5. The quantitative estimate of drug-likeness (QED) is 0.760. The number of alkyl halides is 3. The molecule has 0 bridgehead atoms. The number of hydrogen-bond donors (Lipinski definition) is 0. The van der Waals surface area contributed by atoms with Crippen LogP contribution in [0.2, 0.25) is 10.0 Å². The Bertz CT molecular complexity index is 767. The first-order valence-corrected chi connectivity index (χ1v) is 7.37. The molecule has 1 aliphatic heterocycles. The lowest BCUT2D eigenvalue weighted by atomic mass is 10.2. The summed E-state index contributed by atoms with van der Waals surface area (Å²) in [6.45, 7) is 3.28. The molecule has 1 aliphatic rings. The summed E-state index contributed by atoms with van der Waals surface area (Å²) in [6, 6.07) is 2.86. The molecule has 23 heavy (non-hydrogen) atoms. The second-order valence-electron chi connectivity index (χ2n) is 4.90. The van der Waals surface area contributed by atoms with Gasteiger partial charge in [0.2, 0.25) is 0 Å². The van der Waals surface area contributed by atoms with Crippen LogP contribution in [0.5, 0.6) is 0 Å². The molecule has 9 heteroatoms. The number of aromatic nitrogens is 2. The summed E-state index contributed by atoms with van der Waals surface area (Å²) in [6.07, 6.45) is -3.34. The summed E-state index contributed by atoms with van der Waals surface area (Å²) in [4.78, 5) is 4.06. The summed E-state index contributed by atoms with van der Waals surface area (Å²) in [5.41, 5.74) is 0.649. The number of hydrogen-bond acceptors (Lipinski definition) is 3. The predicted molar refractivity (Wildman–Crippen MR) is 79.6 cm³/mol. The summed E-state index contributed by atoms with van der Waals surface area (Å²) >= 11 is 11.9. The van der Waals surface area contributed by atoms with Gasteiger partial charge in [-0.2, -0.15) is 13.2 Å². The first-order valence-electron chi connectivity index (χ1n) is 6.61. The Morgan fingerprint density at radius 3 is 2.43 bits per heavy atom. The Morgan fingerprint density at radius 1 is 1.26 bits per heavy atom. The third-order valence-electron chi connectivity index (χ3n) is 3.46. The first kappa shape index (κ1) is 16.6. The van der Waals surface area contributed by atoms with Crippen LogP contribution < -0.4 is 0 Å². The van der Waals surface area contributed by atoms with E-state index < -0.39 is 17.8 Å². The minimum absolute atomic E-state index is 0.0777. The zero-order valence-electron chi connectivity index (χ0n) is 11.7. The van der Waals surface area contributed by atoms with E-state index in [1.54, 1.807) is 0 Å². The van der Waals surface area contributed by atoms with Crippen molar-refractivity contribution in [2.75, 3.05) is 13.2 Å². The predicted octanol–water partition coefficient (Wildman–Crippen LogP) is 4.29. The van der Waals surface area contributed by atoms with Crippen LogP contribution in [0.4, 0.5) is 13.2 Å². The zero-order chi connectivity index (χ0) is 16.8. The van der Waals surface area contributed by atoms with Crippen LogP contribution in [0.15, 0.2) is 24.8 Å². The van der Waals surface area contributed by atoms with Crippen LogP contribution in [0, 0.1) is 0 Å². The number of benzene rings is 1. The number of halogens is 5. The molecule has 2 heterocycles. The first-order chi connectivity index (χ1) is 10.8. The smallest absolute Gasteiger partial charge is 0.334 e. The van der Waals surface area contributed by atoms with Crippen molar-refractivity contribution in [2.45, 2.75) is 18.5 Å². The van der Waals surface area contributed by atoms with Gasteiger partial charge in [0.05, 0.1) is 34.3 Å². The van der Waals surface area contributed by atoms with Crippen molar-refractivity contribution in [1.29, 1.82) is 0 Å². The van der Waals surface area contributed by atoms with Crippen LogP contribution in [0.1, 0.15) is 5.82 Å². The van der Waals surface area contributed by atoms with E-state index in [0.29, 0.717) is 5.52 Å². The molecular formula is C14H11Cl2F3N2O2. The number of nitrogens with zero attached hydrogens (tertiary/aromatic N) is 2. The van der Waals surface area contributed by atoms with E-state index in [4.69, 9.17) is 32.7 Å². The van der Waals surface area contributed by atoms with Crippen molar-refractivity contribution >= 4 is 34.2 Å². The van der Waals surface area contributed by atoms with Gasteiger partial charge in [-0.05, 0) is 12.1 Å². The third-order valence-corrected chi connectivity index (χ3v) is 4.19. The molecule has 4 nitrogen and oxygen atoms in total.